The predicted octanol–water partition coefficient (Wildman–Crippen LogP) is 11.4. The molecule has 0 unspecified atom stereocenters. The third-order valence-electron chi connectivity index (χ3n) is 11.6. The maximum absolute atomic E-state index is 12.2. The van der Waals surface area contributed by atoms with Gasteiger partial charge in [-0.3, -0.25) is 14.4 Å². The largest absolute Gasteiger partial charge is 0.375 e. The van der Waals surface area contributed by atoms with Crippen LogP contribution < -0.4 is 0 Å². The molecule has 0 spiro atoms. The van der Waals surface area contributed by atoms with Crippen LogP contribution in [-0.2, 0) is 28.6 Å². The van der Waals surface area contributed by atoms with E-state index in [4.69, 9.17) is 14.2 Å². The number of hydrogen-bond donors (Lipinski definition) is 0. The lowest BCUT2D eigenvalue weighted by Crippen LogP contribution is -2.68. The first kappa shape index (κ1) is 42.3. The zero-order valence-corrected chi connectivity index (χ0v) is 32.4. The van der Waals surface area contributed by atoms with Crippen molar-refractivity contribution in [1.82, 2.24) is 0 Å². The van der Waals surface area contributed by atoms with Crippen LogP contribution in [0.5, 0.6) is 0 Å². The van der Waals surface area contributed by atoms with Crippen LogP contribution in [0.1, 0.15) is 213 Å². The summed E-state index contributed by atoms with van der Waals surface area (Å²) in [4.78, 5) is 36.6. The van der Waals surface area contributed by atoms with Crippen LogP contribution in [0.25, 0.3) is 0 Å². The van der Waals surface area contributed by atoms with Gasteiger partial charge in [-0.25, -0.2) is 0 Å². The maximum atomic E-state index is 12.2. The minimum atomic E-state index is -0.175. The lowest BCUT2D eigenvalue weighted by atomic mass is 9.50. The molecule has 0 saturated heterocycles. The topological polar surface area (TPSA) is 78.9 Å². The highest BCUT2D eigenvalue weighted by Gasteiger charge is 2.65. The van der Waals surface area contributed by atoms with Crippen molar-refractivity contribution in [1.29, 1.82) is 0 Å². The second kappa shape index (κ2) is 23.5. The van der Waals surface area contributed by atoms with Gasteiger partial charge in [0.1, 0.15) is 17.3 Å². The summed E-state index contributed by atoms with van der Waals surface area (Å²) >= 11 is 0. The van der Waals surface area contributed by atoms with Crippen LogP contribution in [-0.4, -0.2) is 54.0 Å². The summed E-state index contributed by atoms with van der Waals surface area (Å²) in [5.74, 6) is 1.83. The summed E-state index contributed by atoms with van der Waals surface area (Å²) in [5, 5.41) is 0. The Morgan fingerprint density at radius 3 is 0.939 bits per heavy atom. The van der Waals surface area contributed by atoms with Gasteiger partial charge in [0.15, 0.2) is 0 Å². The number of unbranched alkanes of at least 4 members (excludes halogenated alkanes) is 12. The number of rotatable bonds is 33. The molecule has 4 saturated carbocycles. The summed E-state index contributed by atoms with van der Waals surface area (Å²) in [5.41, 5.74) is -0.526. The molecule has 4 bridgehead atoms. The van der Waals surface area contributed by atoms with Crippen LogP contribution in [0.15, 0.2) is 0 Å². The number of ether oxygens (including phenoxy) is 3. The maximum Gasteiger partial charge on any atom is 0.132 e. The van der Waals surface area contributed by atoms with Gasteiger partial charge in [-0.1, -0.05) is 78.6 Å². The van der Waals surface area contributed by atoms with Gasteiger partial charge < -0.3 is 14.2 Å². The fourth-order valence-corrected chi connectivity index (χ4v) is 9.42. The molecule has 0 aromatic rings. The second-order valence-electron chi connectivity index (χ2n) is 16.5. The van der Waals surface area contributed by atoms with Crippen molar-refractivity contribution >= 4 is 17.3 Å². The Balaban J connectivity index is 1.47. The first-order valence-electron chi connectivity index (χ1n) is 21.2. The molecule has 49 heavy (non-hydrogen) atoms. The summed E-state index contributed by atoms with van der Waals surface area (Å²) in [6, 6.07) is 0. The van der Waals surface area contributed by atoms with Gasteiger partial charge in [0.2, 0.25) is 0 Å². The Bertz CT molecular complexity index is 818. The molecule has 0 heterocycles. The molecule has 6 nitrogen and oxygen atoms in total. The van der Waals surface area contributed by atoms with Crippen molar-refractivity contribution in [3.05, 3.63) is 0 Å². The van der Waals surface area contributed by atoms with Gasteiger partial charge in [-0.05, 0) is 83.0 Å². The van der Waals surface area contributed by atoms with Gasteiger partial charge >= 0.3 is 0 Å². The highest BCUT2D eigenvalue weighted by molar-refractivity contribution is 5.78. The van der Waals surface area contributed by atoms with E-state index in [1.807, 2.05) is 0 Å². The van der Waals surface area contributed by atoms with Gasteiger partial charge in [-0.15, -0.1) is 0 Å². The van der Waals surface area contributed by atoms with Crippen molar-refractivity contribution in [2.75, 3.05) is 19.8 Å². The number of carbonyl (C=O) groups excluding carboxylic acids is 3. The zero-order valence-electron chi connectivity index (χ0n) is 32.4. The van der Waals surface area contributed by atoms with Gasteiger partial charge in [-0.2, -0.15) is 0 Å². The second-order valence-corrected chi connectivity index (χ2v) is 16.5. The van der Waals surface area contributed by atoms with E-state index in [1.54, 1.807) is 0 Å². The Kier molecular flexibility index (Phi) is 20.2. The van der Waals surface area contributed by atoms with Crippen LogP contribution in [0, 0.1) is 5.92 Å². The fraction of sp³-hybridized carbons (Fsp3) is 0.930. The highest BCUT2D eigenvalue weighted by atomic mass is 16.5. The van der Waals surface area contributed by atoms with E-state index in [1.165, 1.54) is 0 Å². The van der Waals surface area contributed by atoms with Crippen LogP contribution in [0.4, 0.5) is 0 Å². The lowest BCUT2D eigenvalue weighted by Gasteiger charge is -2.65. The van der Waals surface area contributed by atoms with E-state index in [0.717, 1.165) is 193 Å². The lowest BCUT2D eigenvalue weighted by molar-refractivity contribution is -0.291. The molecule has 0 amide bonds. The molecule has 4 aliphatic rings. The third-order valence-corrected chi connectivity index (χ3v) is 11.6. The standard InChI is InChI=1S/C43H76O6/c1-4-7-13-22-38(44)25-16-10-19-28-47-41-31-37-32-42(34-41,48-29-20-11-17-26-39(45)23-14-8-5-2)36-43(33-37,35-41)49-30-21-12-18-27-40(46)24-15-9-6-3/h37H,4-36H2,1-3H3. The molecule has 6 heteroatoms. The van der Waals surface area contributed by atoms with Crippen LogP contribution in [0.2, 0.25) is 0 Å². The van der Waals surface area contributed by atoms with E-state index in [0.29, 0.717) is 42.5 Å². The van der Waals surface area contributed by atoms with Gasteiger partial charge in [0.25, 0.3) is 0 Å². The SMILES string of the molecule is CCCCCC(=O)CCCCCOC12CC3CC(OCCCCCC(=O)CCCCC)(C1)CC(OCCCCCC(=O)CCCCC)(C3)C2. The Morgan fingerprint density at radius 2 is 0.673 bits per heavy atom. The van der Waals surface area contributed by atoms with E-state index in [2.05, 4.69) is 20.8 Å². The summed E-state index contributed by atoms with van der Waals surface area (Å²) in [7, 11) is 0. The smallest absolute Gasteiger partial charge is 0.132 e. The first-order valence-corrected chi connectivity index (χ1v) is 21.2. The summed E-state index contributed by atoms with van der Waals surface area (Å²) in [6.07, 6.45) is 29.7. The molecule has 284 valence electrons. The number of Topliss-reactive ketones (excluding diaryl/α,β-unsaturated/α-hetero) is 3. The van der Waals surface area contributed by atoms with Crippen LogP contribution >= 0.6 is 0 Å². The highest BCUT2D eigenvalue weighted by Crippen LogP contribution is 2.63. The molecule has 4 fully saturated rings. The Morgan fingerprint density at radius 1 is 0.408 bits per heavy atom. The molecule has 4 aliphatic carbocycles. The van der Waals surface area contributed by atoms with Crippen molar-refractivity contribution in [3.8, 4) is 0 Å². The van der Waals surface area contributed by atoms with E-state index < -0.39 is 0 Å². The van der Waals surface area contributed by atoms with Crippen molar-refractivity contribution in [2.45, 2.75) is 230 Å². The molecule has 0 aromatic heterocycles. The molecule has 0 aromatic carbocycles. The third kappa shape index (κ3) is 16.0. The van der Waals surface area contributed by atoms with Crippen molar-refractivity contribution in [2.24, 2.45) is 5.92 Å². The van der Waals surface area contributed by atoms with Crippen molar-refractivity contribution in [3.63, 3.8) is 0 Å². The average molecular weight is 689 g/mol. The number of hydrogen-bond acceptors (Lipinski definition) is 6. The minimum Gasteiger partial charge on any atom is -0.375 e. The predicted molar refractivity (Wildman–Crippen MR) is 200 cm³/mol. The van der Waals surface area contributed by atoms with Crippen LogP contribution in [0.3, 0.4) is 0 Å². The summed E-state index contributed by atoms with van der Waals surface area (Å²) in [6.45, 7) is 8.80. The minimum absolute atomic E-state index is 0.175. The number of ketones is 3. The molecular formula is C43H76O6. The molecule has 4 rings (SSSR count). The van der Waals surface area contributed by atoms with Crippen molar-refractivity contribution < 1.29 is 28.6 Å². The molecule has 0 atom stereocenters. The molecular weight excluding hydrogens is 612 g/mol. The monoisotopic (exact) mass is 689 g/mol. The number of carbonyl (C=O) groups is 3. The fourth-order valence-electron chi connectivity index (χ4n) is 9.42. The van der Waals surface area contributed by atoms with E-state index >= 15 is 0 Å². The average Bonchev–Trinajstić information content (AvgIpc) is 3.05. The Labute approximate surface area is 301 Å². The van der Waals surface area contributed by atoms with Gasteiger partial charge in [0, 0.05) is 77.6 Å². The Hall–Kier alpha value is -1.11. The molecule has 0 N–H and O–H groups in total. The zero-order chi connectivity index (χ0) is 35.3. The van der Waals surface area contributed by atoms with E-state index in [9.17, 15) is 14.4 Å². The van der Waals surface area contributed by atoms with E-state index in [-0.39, 0.29) is 16.8 Å². The molecule has 0 radical (unpaired) electrons. The first-order chi connectivity index (χ1) is 23.8. The molecule has 0 aliphatic heterocycles. The quantitative estimate of drug-likeness (QED) is 0.0639. The summed E-state index contributed by atoms with van der Waals surface area (Å²) < 4.78 is 20.6. The normalized spacial score (nSPS) is 25.7. The van der Waals surface area contributed by atoms with Gasteiger partial charge in [0.05, 0.1) is 16.8 Å².